The van der Waals surface area contributed by atoms with Crippen molar-refractivity contribution in [2.75, 3.05) is 24.9 Å². The highest BCUT2D eigenvalue weighted by Crippen LogP contribution is 2.38. The fraction of sp³-hybridized carbons (Fsp3) is 0.173. The van der Waals surface area contributed by atoms with Gasteiger partial charge in [-0.1, -0.05) is 65.7 Å². The van der Waals surface area contributed by atoms with Crippen molar-refractivity contribution in [3.05, 3.63) is 181 Å². The molecule has 0 bridgehead atoms. The molecule has 19 nitrogen and oxygen atoms in total. The van der Waals surface area contributed by atoms with Crippen molar-refractivity contribution >= 4 is 69.6 Å². The van der Waals surface area contributed by atoms with Crippen LogP contribution in [0.15, 0.2) is 126 Å². The molecular weight excluding hydrogens is 1110 g/mol. The molecule has 0 spiro atoms. The van der Waals surface area contributed by atoms with E-state index in [1.165, 1.54) is 96.7 Å². The van der Waals surface area contributed by atoms with Gasteiger partial charge in [-0.15, -0.1) is 10.2 Å². The molecule has 4 heterocycles. The third-order valence-electron chi connectivity index (χ3n) is 11.9. The zero-order valence-electron chi connectivity index (χ0n) is 41.8. The van der Waals surface area contributed by atoms with Crippen molar-refractivity contribution in [2.45, 2.75) is 44.9 Å². The minimum Gasteiger partial charge on any atom is -0.495 e. The Kier molecular flexibility index (Phi) is 17.7. The number of benzene rings is 4. The summed E-state index contributed by atoms with van der Waals surface area (Å²) < 4.78 is 83.7. The molecule has 3 amide bonds. The van der Waals surface area contributed by atoms with Crippen LogP contribution in [-0.4, -0.2) is 71.1 Å². The van der Waals surface area contributed by atoms with Gasteiger partial charge in [0, 0.05) is 67.1 Å². The number of alkyl halides is 3. The Labute approximate surface area is 459 Å². The molecule has 0 unspecified atom stereocenters. The standard InChI is InChI=1S/C27H23ClF4N6O3.C25H21Cl2FN6O4/c1-4-21(26(40)34-16-6-7-17(14(2)33)20(29)10-16)37-12-23(41-3)19(11-25(37)39)18-9-15(28)5-8-22(18)38-13-24(35-36-38)27(30,31)32;1-3-19(25(37)30-14-5-6-15(24(29)36)18(28)9-14)33-11-21(38-2)17(10-23(33)35)16-8-13(26)4-7-20(16)34-12-22(27)31-32-34/h5-13,21H,2,4,33H2,1,3H3,(H,34,40);4-12,19H,3H2,1-2H3,(H2,29,36)(H,30,37)/t21-;19-/m00/s1. The summed E-state index contributed by atoms with van der Waals surface area (Å²) in [5.41, 5.74) is 10.4. The predicted molar refractivity (Wildman–Crippen MR) is 286 cm³/mol. The molecule has 79 heavy (non-hydrogen) atoms. The Bertz CT molecular complexity index is 3790. The minimum absolute atomic E-state index is 0.0259. The summed E-state index contributed by atoms with van der Waals surface area (Å²) in [4.78, 5) is 64.1. The van der Waals surface area contributed by atoms with Crippen LogP contribution in [0.3, 0.4) is 0 Å². The van der Waals surface area contributed by atoms with Crippen LogP contribution >= 0.6 is 34.8 Å². The second-order valence-corrected chi connectivity index (χ2v) is 18.2. The lowest BCUT2D eigenvalue weighted by Crippen LogP contribution is -2.32. The normalized spacial score (nSPS) is 11.9. The number of rotatable bonds is 16. The highest BCUT2D eigenvalue weighted by atomic mass is 35.5. The van der Waals surface area contributed by atoms with E-state index in [9.17, 15) is 45.9 Å². The molecule has 4 aromatic heterocycles. The topological polar surface area (TPSA) is 251 Å². The number of pyridine rings is 2. The molecule has 410 valence electrons. The first-order chi connectivity index (χ1) is 37.5. The van der Waals surface area contributed by atoms with Crippen molar-refractivity contribution in [1.29, 1.82) is 0 Å². The first-order valence-electron chi connectivity index (χ1n) is 23.2. The summed E-state index contributed by atoms with van der Waals surface area (Å²) in [6.07, 6.45) is 0.619. The number of aromatic nitrogens is 8. The number of nitrogens with zero attached hydrogens (tertiary/aromatic N) is 8. The van der Waals surface area contributed by atoms with E-state index < -0.39 is 64.4 Å². The van der Waals surface area contributed by atoms with Gasteiger partial charge >= 0.3 is 6.18 Å². The van der Waals surface area contributed by atoms with Crippen LogP contribution in [-0.2, 0) is 15.8 Å². The van der Waals surface area contributed by atoms with Gasteiger partial charge < -0.3 is 31.6 Å². The maximum Gasteiger partial charge on any atom is 0.436 e. The van der Waals surface area contributed by atoms with Crippen molar-refractivity contribution in [3.63, 3.8) is 0 Å². The average molecular weight is 1150 g/mol. The molecule has 8 rings (SSSR count). The lowest BCUT2D eigenvalue weighted by atomic mass is 10.0. The Balaban J connectivity index is 0.000000229. The molecule has 0 saturated carbocycles. The van der Waals surface area contributed by atoms with Gasteiger partial charge in [0.05, 0.1) is 55.9 Å². The number of halogens is 8. The molecule has 4 aromatic carbocycles. The van der Waals surface area contributed by atoms with E-state index in [-0.39, 0.29) is 79.5 Å². The van der Waals surface area contributed by atoms with Gasteiger partial charge in [0.25, 0.3) is 17.0 Å². The van der Waals surface area contributed by atoms with Crippen molar-refractivity contribution in [1.82, 2.24) is 39.1 Å². The van der Waals surface area contributed by atoms with Gasteiger partial charge in [0.15, 0.2) is 10.8 Å². The lowest BCUT2D eigenvalue weighted by Gasteiger charge is -2.21. The van der Waals surface area contributed by atoms with Gasteiger partial charge in [-0.3, -0.25) is 33.1 Å². The van der Waals surface area contributed by atoms with E-state index in [1.54, 1.807) is 32.0 Å². The number of nitrogens with one attached hydrogen (secondary N) is 2. The number of anilines is 2. The van der Waals surface area contributed by atoms with Gasteiger partial charge in [0.1, 0.15) is 35.2 Å². The molecule has 6 N–H and O–H groups in total. The van der Waals surface area contributed by atoms with Gasteiger partial charge in [-0.25, -0.2) is 18.1 Å². The summed E-state index contributed by atoms with van der Waals surface area (Å²) in [5.74, 6) is -3.27. The number of carbonyl (C=O) groups excluding carboxylic acids is 3. The van der Waals surface area contributed by atoms with E-state index in [0.29, 0.717) is 28.0 Å². The number of ether oxygens (including phenoxy) is 2. The summed E-state index contributed by atoms with van der Waals surface area (Å²) in [5, 5.41) is 20.5. The van der Waals surface area contributed by atoms with Crippen LogP contribution in [0.25, 0.3) is 39.3 Å². The zero-order chi connectivity index (χ0) is 57.6. The van der Waals surface area contributed by atoms with Gasteiger partial charge in [-0.2, -0.15) is 13.2 Å². The number of amides is 3. The maximum atomic E-state index is 14.3. The van der Waals surface area contributed by atoms with Crippen molar-refractivity contribution in [2.24, 2.45) is 11.5 Å². The summed E-state index contributed by atoms with van der Waals surface area (Å²) in [6.45, 7) is 6.89. The fourth-order valence-electron chi connectivity index (χ4n) is 8.12. The third-order valence-corrected chi connectivity index (χ3v) is 12.5. The number of carbonyl (C=O) groups is 3. The van der Waals surface area contributed by atoms with Crippen molar-refractivity contribution in [3.8, 4) is 45.1 Å². The van der Waals surface area contributed by atoms with Crippen LogP contribution in [0.1, 0.15) is 60.4 Å². The first-order valence-corrected chi connectivity index (χ1v) is 24.3. The highest BCUT2D eigenvalue weighted by Gasteiger charge is 2.35. The van der Waals surface area contributed by atoms with Crippen LogP contribution in [0, 0.1) is 11.6 Å². The van der Waals surface area contributed by atoms with Gasteiger partial charge in [-0.05, 0) is 85.6 Å². The third kappa shape index (κ3) is 12.9. The summed E-state index contributed by atoms with van der Waals surface area (Å²) in [6, 6.07) is 17.2. The van der Waals surface area contributed by atoms with E-state index in [0.717, 1.165) is 21.4 Å². The summed E-state index contributed by atoms with van der Waals surface area (Å²) >= 11 is 18.4. The van der Waals surface area contributed by atoms with Crippen LogP contribution in [0.4, 0.5) is 33.3 Å². The molecule has 0 aliphatic carbocycles. The lowest BCUT2D eigenvalue weighted by molar-refractivity contribution is -0.141. The molecule has 0 fully saturated rings. The molecule has 0 saturated heterocycles. The number of hydrogen-bond donors (Lipinski definition) is 4. The molecule has 8 aromatic rings. The number of primary amides is 1. The summed E-state index contributed by atoms with van der Waals surface area (Å²) in [7, 11) is 2.75. The number of nitrogens with two attached hydrogens (primary N) is 2. The molecule has 27 heteroatoms. The molecule has 0 aliphatic rings. The zero-order valence-corrected chi connectivity index (χ0v) is 44.0. The monoisotopic (exact) mass is 1150 g/mol. The Morgan fingerprint density at radius 2 is 1.08 bits per heavy atom. The van der Waals surface area contributed by atoms with E-state index in [4.69, 9.17) is 55.7 Å². The van der Waals surface area contributed by atoms with E-state index in [2.05, 4.69) is 37.8 Å². The highest BCUT2D eigenvalue weighted by molar-refractivity contribution is 6.31. The average Bonchev–Trinajstić information content (AvgIpc) is 4.21. The quantitative estimate of drug-likeness (QED) is 0.0660. The molecule has 2 atom stereocenters. The molecular formula is C52H44Cl3F5N12O7. The predicted octanol–water partition coefficient (Wildman–Crippen LogP) is 9.67. The maximum absolute atomic E-state index is 14.3. The van der Waals surface area contributed by atoms with Crippen LogP contribution < -0.4 is 42.7 Å². The van der Waals surface area contributed by atoms with Crippen molar-refractivity contribution < 1.29 is 45.8 Å². The van der Waals surface area contributed by atoms with E-state index >= 15 is 0 Å². The Hall–Kier alpha value is -8.87. The second kappa shape index (κ2) is 24.2. The Morgan fingerprint density at radius 1 is 0.633 bits per heavy atom. The number of methoxy groups -OCH3 is 2. The Morgan fingerprint density at radius 3 is 1.44 bits per heavy atom. The first kappa shape index (κ1) is 57.8. The minimum atomic E-state index is -4.72. The number of hydrogen-bond acceptors (Lipinski definition) is 12. The van der Waals surface area contributed by atoms with Crippen LogP contribution in [0.2, 0.25) is 15.2 Å². The SMILES string of the molecule is C=C(N)c1ccc(NC(=O)[C@H](CC)n2cc(OC)c(-c3cc(Cl)ccc3-n3cc(C(F)(F)F)nn3)cc2=O)cc1F.CC[C@@H](C(=O)Nc1ccc(C(N)=O)c(F)c1)n1cc(OC)c(-c2cc(Cl)ccc2-n2cc(Cl)nn2)cc1=O. The fourth-order valence-corrected chi connectivity index (χ4v) is 8.60. The largest absolute Gasteiger partial charge is 0.495 e. The van der Waals surface area contributed by atoms with Crippen LogP contribution in [0.5, 0.6) is 11.5 Å². The second-order valence-electron chi connectivity index (χ2n) is 17.0. The molecule has 0 aliphatic heterocycles. The molecule has 0 radical (unpaired) electrons. The smallest absolute Gasteiger partial charge is 0.436 e. The van der Waals surface area contributed by atoms with E-state index in [1.807, 2.05) is 0 Å². The van der Waals surface area contributed by atoms with Gasteiger partial charge in [0.2, 0.25) is 11.8 Å².